The number of carboxylic acid groups (broad SMARTS) is 1. The van der Waals surface area contributed by atoms with Gasteiger partial charge in [-0.25, -0.2) is 0 Å². The first-order chi connectivity index (χ1) is 11.9. The molecule has 2 aliphatic rings. The van der Waals surface area contributed by atoms with Gasteiger partial charge in [0.1, 0.15) is 0 Å². The Morgan fingerprint density at radius 2 is 2.16 bits per heavy atom. The van der Waals surface area contributed by atoms with Crippen molar-refractivity contribution in [2.45, 2.75) is 6.04 Å². The van der Waals surface area contributed by atoms with Gasteiger partial charge in [-0.2, -0.15) is 5.10 Å². The Balaban J connectivity index is 0.000000701. The maximum atomic E-state index is 12.3. The van der Waals surface area contributed by atoms with Gasteiger partial charge in [0, 0.05) is 39.4 Å². The van der Waals surface area contributed by atoms with Crippen LogP contribution in [0, 0.1) is 5.92 Å². The lowest BCUT2D eigenvalue weighted by Gasteiger charge is -2.28. The van der Waals surface area contributed by atoms with E-state index < -0.39 is 0 Å². The molecule has 10 nitrogen and oxygen atoms in total. The van der Waals surface area contributed by atoms with Crippen molar-refractivity contribution in [1.82, 2.24) is 19.6 Å². The Morgan fingerprint density at radius 3 is 2.80 bits per heavy atom. The van der Waals surface area contributed by atoms with Crippen LogP contribution < -0.4 is 5.32 Å². The molecule has 2 aliphatic heterocycles. The highest BCUT2D eigenvalue weighted by molar-refractivity contribution is 5.91. The Morgan fingerprint density at radius 1 is 1.44 bits per heavy atom. The summed E-state index contributed by atoms with van der Waals surface area (Å²) in [6.07, 6.45) is 1.77. The standard InChI is InChI=1S/C14H21N5O3.CH2O2/c1-17-4-3-12(16-17)15-13(20)7-19-5-10-8-22-9-11(6-19)18(2)14(10)21;2-1-3/h3-4,10-11H,5-9H2,1-2H3,(H,15,16,20);1H,(H,2,3)/t10-,11+;/m1./s1. The van der Waals surface area contributed by atoms with Crippen LogP contribution in [0.3, 0.4) is 0 Å². The second kappa shape index (κ2) is 8.58. The van der Waals surface area contributed by atoms with E-state index in [1.807, 2.05) is 11.9 Å². The molecule has 2 amide bonds. The molecule has 2 saturated heterocycles. The van der Waals surface area contributed by atoms with E-state index in [0.717, 1.165) is 0 Å². The number of carbonyl (C=O) groups is 3. The molecule has 2 fully saturated rings. The molecule has 0 unspecified atom stereocenters. The molecule has 1 aromatic heterocycles. The lowest BCUT2D eigenvalue weighted by Crippen LogP contribution is -2.45. The number of anilines is 1. The Labute approximate surface area is 145 Å². The molecule has 2 atom stereocenters. The van der Waals surface area contributed by atoms with Gasteiger partial charge in [0.05, 0.1) is 31.7 Å². The molecule has 0 aliphatic carbocycles. The fourth-order valence-electron chi connectivity index (χ4n) is 2.98. The van der Waals surface area contributed by atoms with Gasteiger partial charge in [0.2, 0.25) is 11.8 Å². The average molecular weight is 353 g/mol. The zero-order valence-corrected chi connectivity index (χ0v) is 14.3. The molecule has 2 bridgehead atoms. The molecule has 2 N–H and O–H groups in total. The van der Waals surface area contributed by atoms with E-state index in [4.69, 9.17) is 14.6 Å². The van der Waals surface area contributed by atoms with Crippen LogP contribution in [0.1, 0.15) is 0 Å². The molecule has 10 heteroatoms. The minimum Gasteiger partial charge on any atom is -0.483 e. The Kier molecular flexibility index (Phi) is 6.48. The summed E-state index contributed by atoms with van der Waals surface area (Å²) in [5.41, 5.74) is 0. The lowest BCUT2D eigenvalue weighted by atomic mass is 10.1. The summed E-state index contributed by atoms with van der Waals surface area (Å²) in [7, 11) is 3.61. The number of likely N-dealkylation sites (N-methyl/N-ethyl adjacent to an activating group) is 1. The number of ether oxygens (including phenoxy) is 1. The van der Waals surface area contributed by atoms with Gasteiger partial charge in [-0.05, 0) is 0 Å². The number of rotatable bonds is 3. The van der Waals surface area contributed by atoms with E-state index >= 15 is 0 Å². The molecular weight excluding hydrogens is 330 g/mol. The summed E-state index contributed by atoms with van der Waals surface area (Å²) in [6, 6.07) is 1.75. The summed E-state index contributed by atoms with van der Waals surface area (Å²) < 4.78 is 7.19. The fourth-order valence-corrected chi connectivity index (χ4v) is 2.98. The summed E-state index contributed by atoms with van der Waals surface area (Å²) in [5, 5.41) is 13.8. The van der Waals surface area contributed by atoms with Gasteiger partial charge in [-0.15, -0.1) is 0 Å². The summed E-state index contributed by atoms with van der Waals surface area (Å²) in [5.74, 6) is 0.337. The fraction of sp³-hybridized carbons (Fsp3) is 0.600. The molecular formula is C15H23N5O5. The number of nitrogens with zero attached hydrogens (tertiary/aromatic N) is 4. The predicted octanol–water partition coefficient (Wildman–Crippen LogP) is -1.15. The van der Waals surface area contributed by atoms with E-state index in [2.05, 4.69) is 10.4 Å². The van der Waals surface area contributed by atoms with Gasteiger partial charge >= 0.3 is 0 Å². The van der Waals surface area contributed by atoms with Crippen molar-refractivity contribution in [3.63, 3.8) is 0 Å². The van der Waals surface area contributed by atoms with E-state index in [-0.39, 0.29) is 36.8 Å². The summed E-state index contributed by atoms with van der Waals surface area (Å²) in [4.78, 5) is 36.6. The highest BCUT2D eigenvalue weighted by Gasteiger charge is 2.37. The number of nitrogens with one attached hydrogen (secondary N) is 1. The van der Waals surface area contributed by atoms with Crippen molar-refractivity contribution in [1.29, 1.82) is 0 Å². The Bertz CT molecular complexity index is 619. The van der Waals surface area contributed by atoms with Crippen LogP contribution in [-0.4, -0.2) is 88.9 Å². The average Bonchev–Trinajstić information content (AvgIpc) is 2.84. The molecule has 0 spiro atoms. The minimum absolute atomic E-state index is 0.00245. The second-order valence-corrected chi connectivity index (χ2v) is 6.06. The van der Waals surface area contributed by atoms with Crippen molar-refractivity contribution >= 4 is 24.1 Å². The summed E-state index contributed by atoms with van der Waals surface area (Å²) in [6.45, 7) is 2.16. The van der Waals surface area contributed by atoms with Gasteiger partial charge in [0.25, 0.3) is 6.47 Å². The molecule has 1 aromatic rings. The van der Waals surface area contributed by atoms with Gasteiger partial charge in [0.15, 0.2) is 5.82 Å². The van der Waals surface area contributed by atoms with E-state index in [0.29, 0.717) is 32.1 Å². The van der Waals surface area contributed by atoms with Gasteiger partial charge < -0.3 is 20.1 Å². The largest absolute Gasteiger partial charge is 0.483 e. The molecule has 25 heavy (non-hydrogen) atoms. The van der Waals surface area contributed by atoms with Crippen LogP contribution in [-0.2, 0) is 26.2 Å². The molecule has 0 saturated carbocycles. The highest BCUT2D eigenvalue weighted by Crippen LogP contribution is 2.19. The maximum absolute atomic E-state index is 12.3. The third-order valence-electron chi connectivity index (χ3n) is 4.17. The number of amides is 2. The van der Waals surface area contributed by atoms with Crippen LogP contribution in [0.15, 0.2) is 12.3 Å². The van der Waals surface area contributed by atoms with Gasteiger partial charge in [-0.3, -0.25) is 24.0 Å². The van der Waals surface area contributed by atoms with Crippen LogP contribution in [0.4, 0.5) is 5.82 Å². The van der Waals surface area contributed by atoms with Crippen molar-refractivity contribution in [2.75, 3.05) is 45.2 Å². The first kappa shape index (κ1) is 18.9. The first-order valence-corrected chi connectivity index (χ1v) is 7.88. The maximum Gasteiger partial charge on any atom is 0.290 e. The van der Waals surface area contributed by atoms with Crippen LogP contribution in [0.25, 0.3) is 0 Å². The first-order valence-electron chi connectivity index (χ1n) is 7.88. The zero-order valence-electron chi connectivity index (χ0n) is 14.3. The molecule has 3 heterocycles. The molecule has 0 radical (unpaired) electrons. The number of hydrogen-bond donors (Lipinski definition) is 2. The quantitative estimate of drug-likeness (QED) is 0.659. The van der Waals surface area contributed by atoms with Crippen molar-refractivity contribution in [2.24, 2.45) is 13.0 Å². The zero-order chi connectivity index (χ0) is 18.4. The monoisotopic (exact) mass is 353 g/mol. The normalized spacial score (nSPS) is 23.3. The third kappa shape index (κ3) is 5.00. The smallest absolute Gasteiger partial charge is 0.290 e. The molecule has 138 valence electrons. The van der Waals surface area contributed by atoms with Gasteiger partial charge in [-0.1, -0.05) is 0 Å². The highest BCUT2D eigenvalue weighted by atomic mass is 16.5. The molecule has 3 rings (SSSR count). The van der Waals surface area contributed by atoms with Crippen molar-refractivity contribution in [3.8, 4) is 0 Å². The second-order valence-electron chi connectivity index (χ2n) is 6.06. The number of aromatic nitrogens is 2. The number of carbonyl (C=O) groups excluding carboxylic acids is 2. The lowest BCUT2D eigenvalue weighted by molar-refractivity contribution is -0.134. The van der Waals surface area contributed by atoms with Crippen LogP contribution in [0.5, 0.6) is 0 Å². The number of fused-ring (bicyclic) bond motifs is 3. The third-order valence-corrected chi connectivity index (χ3v) is 4.17. The topological polar surface area (TPSA) is 117 Å². The van der Waals surface area contributed by atoms with Crippen LogP contribution >= 0.6 is 0 Å². The summed E-state index contributed by atoms with van der Waals surface area (Å²) >= 11 is 0. The van der Waals surface area contributed by atoms with E-state index in [1.54, 1.807) is 28.9 Å². The van der Waals surface area contributed by atoms with Crippen molar-refractivity contribution < 1.29 is 24.2 Å². The number of aryl methyl sites for hydroxylation is 1. The minimum atomic E-state index is -0.250. The SMILES string of the molecule is CN1C(=O)[C@H]2COC[C@@H]1CN(CC(=O)Nc1ccn(C)n1)C2.O=CO. The van der Waals surface area contributed by atoms with E-state index in [1.165, 1.54) is 0 Å². The van der Waals surface area contributed by atoms with E-state index in [9.17, 15) is 9.59 Å². The van der Waals surface area contributed by atoms with Crippen molar-refractivity contribution in [3.05, 3.63) is 12.3 Å². The van der Waals surface area contributed by atoms with Crippen LogP contribution in [0.2, 0.25) is 0 Å². The number of hydrogen-bond acceptors (Lipinski definition) is 6. The predicted molar refractivity (Wildman–Crippen MR) is 87.8 cm³/mol. The molecule has 0 aromatic carbocycles. The Hall–Kier alpha value is -2.46.